The van der Waals surface area contributed by atoms with Gasteiger partial charge in [-0.15, -0.1) is 0 Å². The van der Waals surface area contributed by atoms with Gasteiger partial charge in [-0.25, -0.2) is 10.3 Å². The van der Waals surface area contributed by atoms with Gasteiger partial charge in [0, 0.05) is 18.8 Å². The Kier molecular flexibility index (Phi) is 3.74. The molecule has 2 N–H and O–H groups in total. The molecule has 1 aromatic carbocycles. The van der Waals surface area contributed by atoms with E-state index in [1.165, 1.54) is 18.9 Å². The number of rotatable bonds is 4. The summed E-state index contributed by atoms with van der Waals surface area (Å²) in [6.45, 7) is 2.54. The Labute approximate surface area is 94.9 Å². The Morgan fingerprint density at radius 1 is 1.31 bits per heavy atom. The predicted molar refractivity (Wildman–Crippen MR) is 61.7 cm³/mol. The summed E-state index contributed by atoms with van der Waals surface area (Å²) in [4.78, 5) is 6.86. The van der Waals surface area contributed by atoms with Crippen LogP contribution in [0.15, 0.2) is 18.2 Å². The normalized spacial score (nSPS) is 15.8. The summed E-state index contributed by atoms with van der Waals surface area (Å²) in [5.41, 5.74) is 2.10. The Bertz CT molecular complexity index is 351. The molecule has 4 heteroatoms. The molecule has 1 aromatic rings. The Morgan fingerprint density at radius 2 is 2.06 bits per heavy atom. The number of nitrogens with zero attached hydrogens (tertiary/aromatic N) is 1. The molecule has 1 heterocycles. The van der Waals surface area contributed by atoms with Crippen molar-refractivity contribution >= 4 is 5.69 Å². The van der Waals surface area contributed by atoms with E-state index in [2.05, 4.69) is 9.74 Å². The Morgan fingerprint density at radius 3 is 2.75 bits per heavy atom. The lowest BCUT2D eigenvalue weighted by Crippen LogP contribution is -2.20. The summed E-state index contributed by atoms with van der Waals surface area (Å²) in [6, 6.07) is 4.94. The molecule has 0 amide bonds. The number of hydrogen-bond donors (Lipinski definition) is 1. The maximum atomic E-state index is 13.2. The van der Waals surface area contributed by atoms with E-state index < -0.39 is 0 Å². The minimum Gasteiger partial charge on any atom is -0.371 e. The smallest absolute Gasteiger partial charge is 0.123 e. The van der Waals surface area contributed by atoms with Crippen LogP contribution in [0, 0.1) is 5.82 Å². The lowest BCUT2D eigenvalue weighted by Gasteiger charge is -2.21. The third-order valence-electron chi connectivity index (χ3n) is 2.98. The van der Waals surface area contributed by atoms with Gasteiger partial charge in [0.1, 0.15) is 5.82 Å². The second kappa shape index (κ2) is 5.27. The van der Waals surface area contributed by atoms with Crippen LogP contribution in [0.4, 0.5) is 10.1 Å². The first-order chi connectivity index (χ1) is 7.81. The average molecular weight is 224 g/mol. The molecule has 0 spiro atoms. The maximum absolute atomic E-state index is 13.2. The quantitative estimate of drug-likeness (QED) is 0.793. The number of benzene rings is 1. The molecule has 3 nitrogen and oxygen atoms in total. The van der Waals surface area contributed by atoms with Crippen LogP contribution >= 0.6 is 0 Å². The molecule has 1 aliphatic rings. The van der Waals surface area contributed by atoms with Crippen molar-refractivity contribution in [1.82, 2.24) is 0 Å². The molecule has 2 rings (SSSR count). The molecule has 0 bridgehead atoms. The van der Waals surface area contributed by atoms with Crippen molar-refractivity contribution in [2.45, 2.75) is 19.3 Å². The first-order valence-electron chi connectivity index (χ1n) is 5.66. The van der Waals surface area contributed by atoms with E-state index in [9.17, 15) is 4.39 Å². The van der Waals surface area contributed by atoms with E-state index in [4.69, 9.17) is 5.90 Å². The largest absolute Gasteiger partial charge is 0.371 e. The highest BCUT2D eigenvalue weighted by Gasteiger charge is 2.15. The monoisotopic (exact) mass is 224 g/mol. The van der Waals surface area contributed by atoms with Crippen molar-refractivity contribution in [3.8, 4) is 0 Å². The summed E-state index contributed by atoms with van der Waals surface area (Å²) in [5, 5.41) is 0. The lowest BCUT2D eigenvalue weighted by molar-refractivity contribution is 0.141. The summed E-state index contributed by atoms with van der Waals surface area (Å²) in [6.07, 6.45) is 3.08. The van der Waals surface area contributed by atoms with Crippen LogP contribution in [-0.2, 0) is 11.3 Å². The summed E-state index contributed by atoms with van der Waals surface area (Å²) < 4.78 is 13.2. The van der Waals surface area contributed by atoms with E-state index >= 15 is 0 Å². The number of halogens is 1. The molecule has 16 heavy (non-hydrogen) atoms. The molecule has 1 saturated heterocycles. The predicted octanol–water partition coefficient (Wildman–Crippen LogP) is 1.86. The maximum Gasteiger partial charge on any atom is 0.123 e. The van der Waals surface area contributed by atoms with Crippen LogP contribution < -0.4 is 10.8 Å². The molecular formula is C12H17FN2O. The first kappa shape index (κ1) is 11.4. The fraction of sp³-hybridized carbons (Fsp3) is 0.500. The van der Waals surface area contributed by atoms with E-state index in [0.717, 1.165) is 24.3 Å². The van der Waals surface area contributed by atoms with Crippen molar-refractivity contribution in [2.24, 2.45) is 5.90 Å². The van der Waals surface area contributed by atoms with Gasteiger partial charge in [-0.05, 0) is 43.0 Å². The van der Waals surface area contributed by atoms with Gasteiger partial charge in [-0.3, -0.25) is 0 Å². The van der Waals surface area contributed by atoms with Crippen molar-refractivity contribution in [3.05, 3.63) is 29.6 Å². The molecule has 1 aliphatic heterocycles. The molecule has 0 atom stereocenters. The zero-order valence-corrected chi connectivity index (χ0v) is 9.29. The van der Waals surface area contributed by atoms with Crippen molar-refractivity contribution in [3.63, 3.8) is 0 Å². The fourth-order valence-electron chi connectivity index (χ4n) is 2.19. The average Bonchev–Trinajstić information content (AvgIpc) is 2.80. The fourth-order valence-corrected chi connectivity index (χ4v) is 2.19. The molecular weight excluding hydrogens is 207 g/mol. The minimum absolute atomic E-state index is 0.199. The second-order valence-electron chi connectivity index (χ2n) is 4.09. The van der Waals surface area contributed by atoms with Crippen LogP contribution in [-0.4, -0.2) is 19.7 Å². The van der Waals surface area contributed by atoms with Crippen LogP contribution in [0.2, 0.25) is 0 Å². The topological polar surface area (TPSA) is 38.5 Å². The third-order valence-corrected chi connectivity index (χ3v) is 2.98. The van der Waals surface area contributed by atoms with Gasteiger partial charge in [0.15, 0.2) is 0 Å². The number of anilines is 1. The first-order valence-corrected chi connectivity index (χ1v) is 5.66. The van der Waals surface area contributed by atoms with Crippen molar-refractivity contribution in [1.29, 1.82) is 0 Å². The zero-order valence-electron chi connectivity index (χ0n) is 9.29. The van der Waals surface area contributed by atoms with E-state index in [-0.39, 0.29) is 5.82 Å². The van der Waals surface area contributed by atoms with E-state index in [1.807, 2.05) is 6.07 Å². The summed E-state index contributed by atoms with van der Waals surface area (Å²) in [5.74, 6) is 4.81. The van der Waals surface area contributed by atoms with Crippen LogP contribution in [0.1, 0.15) is 18.4 Å². The van der Waals surface area contributed by atoms with Crippen molar-refractivity contribution < 1.29 is 9.23 Å². The van der Waals surface area contributed by atoms with Crippen LogP contribution in [0.25, 0.3) is 0 Å². The van der Waals surface area contributed by atoms with Gasteiger partial charge >= 0.3 is 0 Å². The molecule has 0 radical (unpaired) electrons. The summed E-state index contributed by atoms with van der Waals surface area (Å²) in [7, 11) is 0. The van der Waals surface area contributed by atoms with E-state index in [1.54, 1.807) is 6.07 Å². The standard InChI is InChI=1S/C12H17FN2O/c13-11-3-4-12(15-6-1-2-7-15)10(9-11)5-8-16-14/h3-4,9H,1-2,5-8,14H2. The van der Waals surface area contributed by atoms with Crippen LogP contribution in [0.5, 0.6) is 0 Å². The minimum atomic E-state index is -0.199. The second-order valence-corrected chi connectivity index (χ2v) is 4.09. The molecule has 88 valence electrons. The highest BCUT2D eigenvalue weighted by atomic mass is 19.1. The van der Waals surface area contributed by atoms with Gasteiger partial charge in [-0.1, -0.05) is 0 Å². The SMILES string of the molecule is NOCCc1cc(F)ccc1N1CCCC1. The molecule has 0 aliphatic carbocycles. The van der Waals surface area contributed by atoms with E-state index in [0.29, 0.717) is 13.0 Å². The highest BCUT2D eigenvalue weighted by Crippen LogP contribution is 2.25. The zero-order chi connectivity index (χ0) is 11.4. The van der Waals surface area contributed by atoms with Gasteiger partial charge in [-0.2, -0.15) is 0 Å². The van der Waals surface area contributed by atoms with Crippen molar-refractivity contribution in [2.75, 3.05) is 24.6 Å². The van der Waals surface area contributed by atoms with Gasteiger partial charge < -0.3 is 9.74 Å². The van der Waals surface area contributed by atoms with Gasteiger partial charge in [0.2, 0.25) is 0 Å². The molecule has 0 aromatic heterocycles. The number of nitrogens with two attached hydrogens (primary N) is 1. The third kappa shape index (κ3) is 2.51. The molecule has 0 unspecified atom stereocenters. The summed E-state index contributed by atoms with van der Waals surface area (Å²) >= 11 is 0. The molecule has 0 saturated carbocycles. The van der Waals surface area contributed by atoms with Gasteiger partial charge in [0.05, 0.1) is 6.61 Å². The number of hydrogen-bond acceptors (Lipinski definition) is 3. The molecule has 1 fully saturated rings. The highest BCUT2D eigenvalue weighted by molar-refractivity contribution is 5.54. The van der Waals surface area contributed by atoms with Crippen LogP contribution in [0.3, 0.4) is 0 Å². The van der Waals surface area contributed by atoms with Gasteiger partial charge in [0.25, 0.3) is 0 Å². The lowest BCUT2D eigenvalue weighted by atomic mass is 10.1. The Balaban J connectivity index is 2.20. The Hall–Kier alpha value is -1.13.